The molecule has 0 unspecified atom stereocenters. The first kappa shape index (κ1) is 13.6. The van der Waals surface area contributed by atoms with Gasteiger partial charge in [0.25, 0.3) is 0 Å². The minimum Gasteiger partial charge on any atom is -0.258 e. The van der Waals surface area contributed by atoms with Crippen molar-refractivity contribution in [2.24, 2.45) is 0 Å². The van der Waals surface area contributed by atoms with Crippen LogP contribution in [0.25, 0.3) is 5.69 Å². The highest BCUT2D eigenvalue weighted by molar-refractivity contribution is 6.40. The summed E-state index contributed by atoms with van der Waals surface area (Å²) in [7, 11) is 0. The molecule has 1 heterocycles. The summed E-state index contributed by atoms with van der Waals surface area (Å²) in [6, 6.07) is 4.51. The van der Waals surface area contributed by atoms with Gasteiger partial charge in [-0.25, -0.2) is 4.68 Å². The Labute approximate surface area is 121 Å². The van der Waals surface area contributed by atoms with Crippen LogP contribution in [0, 0.1) is 21.4 Å². The van der Waals surface area contributed by atoms with Crippen molar-refractivity contribution in [1.29, 1.82) is 5.26 Å². The fourth-order valence-electron chi connectivity index (χ4n) is 1.48. The van der Waals surface area contributed by atoms with E-state index in [9.17, 15) is 10.1 Å². The molecule has 0 fully saturated rings. The lowest BCUT2D eigenvalue weighted by molar-refractivity contribution is -0.385. The number of nitriles is 1. The molecule has 96 valence electrons. The number of nitrogens with zero attached hydrogens (tertiary/aromatic N) is 4. The molecule has 0 saturated heterocycles. The van der Waals surface area contributed by atoms with Gasteiger partial charge in [-0.2, -0.15) is 10.4 Å². The van der Waals surface area contributed by atoms with Crippen LogP contribution in [0.3, 0.4) is 0 Å². The first-order valence-electron chi connectivity index (χ1n) is 4.73. The van der Waals surface area contributed by atoms with E-state index in [1.807, 2.05) is 0 Å². The topological polar surface area (TPSA) is 84.8 Å². The van der Waals surface area contributed by atoms with Gasteiger partial charge in [-0.1, -0.05) is 34.8 Å². The molecule has 6 nitrogen and oxygen atoms in total. The number of rotatable bonds is 2. The maximum absolute atomic E-state index is 10.8. The van der Waals surface area contributed by atoms with Crippen molar-refractivity contribution >= 4 is 40.5 Å². The molecule has 19 heavy (non-hydrogen) atoms. The molecule has 0 amide bonds. The van der Waals surface area contributed by atoms with Crippen LogP contribution in [0.1, 0.15) is 5.69 Å². The van der Waals surface area contributed by atoms with Crippen molar-refractivity contribution in [2.45, 2.75) is 0 Å². The molecule has 1 aromatic carbocycles. The zero-order chi connectivity index (χ0) is 14.2. The highest BCUT2D eigenvalue weighted by Gasteiger charge is 2.24. The Kier molecular flexibility index (Phi) is 3.62. The van der Waals surface area contributed by atoms with Crippen molar-refractivity contribution in [3.8, 4) is 11.8 Å². The van der Waals surface area contributed by atoms with Crippen LogP contribution in [0.2, 0.25) is 15.1 Å². The molecule has 0 bridgehead atoms. The first-order valence-corrected chi connectivity index (χ1v) is 5.86. The Bertz CT molecular complexity index is 697. The third-order valence-corrected chi connectivity index (χ3v) is 3.04. The maximum atomic E-state index is 10.8. The number of nitro groups is 1. The molecule has 0 radical (unpaired) electrons. The van der Waals surface area contributed by atoms with E-state index in [0.29, 0.717) is 5.02 Å². The Morgan fingerprint density at radius 3 is 2.37 bits per heavy atom. The average Bonchev–Trinajstić information content (AvgIpc) is 2.71. The number of hydrogen-bond donors (Lipinski definition) is 0. The largest absolute Gasteiger partial charge is 0.325 e. The van der Waals surface area contributed by atoms with Crippen molar-refractivity contribution in [3.05, 3.63) is 49.2 Å². The second kappa shape index (κ2) is 5.05. The van der Waals surface area contributed by atoms with Crippen molar-refractivity contribution < 1.29 is 4.92 Å². The normalized spacial score (nSPS) is 10.2. The molecular formula is C10H3Cl3N4O2. The van der Waals surface area contributed by atoms with Crippen molar-refractivity contribution in [1.82, 2.24) is 9.78 Å². The summed E-state index contributed by atoms with van der Waals surface area (Å²) in [5.74, 6) is 0. The van der Waals surface area contributed by atoms with E-state index in [2.05, 4.69) is 5.10 Å². The van der Waals surface area contributed by atoms with E-state index in [4.69, 9.17) is 40.1 Å². The number of benzene rings is 1. The summed E-state index contributed by atoms with van der Waals surface area (Å²) in [5.41, 5.74) is -0.530. The molecule has 1 aromatic heterocycles. The van der Waals surface area contributed by atoms with Gasteiger partial charge in [0.2, 0.25) is 5.69 Å². The summed E-state index contributed by atoms with van der Waals surface area (Å²) < 4.78 is 1.01. The van der Waals surface area contributed by atoms with Gasteiger partial charge in [-0.3, -0.25) is 10.1 Å². The van der Waals surface area contributed by atoms with E-state index >= 15 is 0 Å². The van der Waals surface area contributed by atoms with Gasteiger partial charge in [0.05, 0.1) is 15.0 Å². The summed E-state index contributed by atoms with van der Waals surface area (Å²) in [5, 5.41) is 24.1. The molecule has 0 aliphatic heterocycles. The monoisotopic (exact) mass is 316 g/mol. The number of hydrogen-bond acceptors (Lipinski definition) is 4. The van der Waals surface area contributed by atoms with Gasteiger partial charge in [-0.15, -0.1) is 0 Å². The third kappa shape index (κ3) is 2.36. The average molecular weight is 318 g/mol. The Morgan fingerprint density at radius 1 is 1.32 bits per heavy atom. The summed E-state index contributed by atoms with van der Waals surface area (Å²) in [6.07, 6.45) is 0.958. The molecule has 0 aliphatic carbocycles. The smallest absolute Gasteiger partial charge is 0.258 e. The molecule has 2 rings (SSSR count). The molecule has 0 saturated carbocycles. The minimum atomic E-state index is -0.709. The van der Waals surface area contributed by atoms with E-state index in [1.165, 1.54) is 12.1 Å². The molecule has 9 heteroatoms. The molecule has 0 spiro atoms. The quantitative estimate of drug-likeness (QED) is 0.625. The first-order chi connectivity index (χ1) is 8.95. The van der Waals surface area contributed by atoms with E-state index in [-0.39, 0.29) is 21.4 Å². The van der Waals surface area contributed by atoms with Crippen LogP contribution in [0.5, 0.6) is 0 Å². The lowest BCUT2D eigenvalue weighted by Gasteiger charge is -2.08. The minimum absolute atomic E-state index is 0.131. The zero-order valence-electron chi connectivity index (χ0n) is 8.97. The second-order valence-corrected chi connectivity index (χ2v) is 4.63. The van der Waals surface area contributed by atoms with Crippen LogP contribution < -0.4 is 0 Å². The number of halogens is 3. The molecule has 2 aromatic rings. The zero-order valence-corrected chi connectivity index (χ0v) is 11.2. The molecular weight excluding hydrogens is 314 g/mol. The van der Waals surface area contributed by atoms with Crippen LogP contribution in [0.4, 0.5) is 5.69 Å². The standard InChI is InChI=1S/C10H3Cl3N4O2/c11-5-1-6(12)10(7(13)2-5)16-8(3-14)9(4-15-16)17(18)19/h1-2,4H. The SMILES string of the molecule is N#Cc1c([N+](=O)[O-])cnn1-c1c(Cl)cc(Cl)cc1Cl. The lowest BCUT2D eigenvalue weighted by atomic mass is 10.3. The fraction of sp³-hybridized carbons (Fsp3) is 0. The summed E-state index contributed by atoms with van der Waals surface area (Å²) >= 11 is 17.7. The van der Waals surface area contributed by atoms with Crippen molar-refractivity contribution in [3.63, 3.8) is 0 Å². The molecule has 0 aliphatic rings. The predicted octanol–water partition coefficient (Wildman–Crippen LogP) is 3.61. The summed E-state index contributed by atoms with van der Waals surface area (Å²) in [4.78, 5) is 10.1. The van der Waals surface area contributed by atoms with Gasteiger partial charge >= 0.3 is 5.69 Å². The van der Waals surface area contributed by atoms with Crippen LogP contribution >= 0.6 is 34.8 Å². The second-order valence-electron chi connectivity index (χ2n) is 3.38. The van der Waals surface area contributed by atoms with Crippen LogP contribution in [-0.2, 0) is 0 Å². The van der Waals surface area contributed by atoms with Gasteiger partial charge in [0, 0.05) is 5.02 Å². The fourth-order valence-corrected chi connectivity index (χ4v) is 2.46. The molecule has 0 atom stereocenters. The van der Waals surface area contributed by atoms with Crippen LogP contribution in [-0.4, -0.2) is 14.7 Å². The molecule has 0 N–H and O–H groups in total. The highest BCUT2D eigenvalue weighted by atomic mass is 35.5. The van der Waals surface area contributed by atoms with E-state index in [0.717, 1.165) is 10.9 Å². The predicted molar refractivity (Wildman–Crippen MR) is 70.0 cm³/mol. The van der Waals surface area contributed by atoms with Gasteiger partial charge < -0.3 is 0 Å². The van der Waals surface area contributed by atoms with Crippen LogP contribution in [0.15, 0.2) is 18.3 Å². The maximum Gasteiger partial charge on any atom is 0.325 e. The van der Waals surface area contributed by atoms with E-state index in [1.54, 1.807) is 6.07 Å². The highest BCUT2D eigenvalue weighted by Crippen LogP contribution is 2.33. The van der Waals surface area contributed by atoms with Gasteiger partial charge in [0.15, 0.2) is 0 Å². The van der Waals surface area contributed by atoms with Crippen molar-refractivity contribution in [2.75, 3.05) is 0 Å². The number of aromatic nitrogens is 2. The Hall–Kier alpha value is -1.81. The summed E-state index contributed by atoms with van der Waals surface area (Å²) in [6.45, 7) is 0. The Morgan fingerprint density at radius 2 is 1.89 bits per heavy atom. The Balaban J connectivity index is 2.74. The lowest BCUT2D eigenvalue weighted by Crippen LogP contribution is -2.02. The van der Waals surface area contributed by atoms with Gasteiger partial charge in [0.1, 0.15) is 18.0 Å². The van der Waals surface area contributed by atoms with E-state index < -0.39 is 10.6 Å². The van der Waals surface area contributed by atoms with Gasteiger partial charge in [-0.05, 0) is 12.1 Å². The third-order valence-electron chi connectivity index (χ3n) is 2.25.